The second-order valence-corrected chi connectivity index (χ2v) is 5.55. The third kappa shape index (κ3) is 6.16. The van der Waals surface area contributed by atoms with E-state index in [9.17, 15) is 9.59 Å². The molecule has 0 unspecified atom stereocenters. The minimum absolute atomic E-state index is 0.0126. The van der Waals surface area contributed by atoms with Gasteiger partial charge in [-0.25, -0.2) is 0 Å². The van der Waals surface area contributed by atoms with Crippen molar-refractivity contribution in [2.75, 3.05) is 26.7 Å². The van der Waals surface area contributed by atoms with Gasteiger partial charge >= 0.3 is 0 Å². The Labute approximate surface area is 132 Å². The molecule has 0 spiro atoms. The number of rotatable bonds is 8. The molecule has 5 nitrogen and oxygen atoms in total. The fraction of sp³-hybridized carbons (Fsp3) is 0.529. The molecule has 0 saturated heterocycles. The van der Waals surface area contributed by atoms with Gasteiger partial charge in [0, 0.05) is 32.5 Å². The summed E-state index contributed by atoms with van der Waals surface area (Å²) in [6.45, 7) is 6.91. The third-order valence-electron chi connectivity index (χ3n) is 3.48. The summed E-state index contributed by atoms with van der Waals surface area (Å²) in [4.78, 5) is 24.9. The van der Waals surface area contributed by atoms with E-state index in [2.05, 4.69) is 5.32 Å². The van der Waals surface area contributed by atoms with Gasteiger partial charge in [-0.3, -0.25) is 9.59 Å². The fourth-order valence-electron chi connectivity index (χ4n) is 2.00. The van der Waals surface area contributed by atoms with Gasteiger partial charge in [0.25, 0.3) is 0 Å². The van der Waals surface area contributed by atoms with Gasteiger partial charge in [-0.15, -0.1) is 0 Å². The monoisotopic (exact) mass is 306 g/mol. The van der Waals surface area contributed by atoms with Crippen molar-refractivity contribution >= 4 is 11.8 Å². The molecular weight excluding hydrogens is 280 g/mol. The van der Waals surface area contributed by atoms with Gasteiger partial charge in [-0.05, 0) is 24.1 Å². The largest absolute Gasteiger partial charge is 0.497 e. The molecule has 0 heterocycles. The van der Waals surface area contributed by atoms with Gasteiger partial charge in [0.1, 0.15) is 5.75 Å². The number of amides is 2. The SMILES string of the molecule is COc1ccc(CCN(CCNC(=O)C(C)C)C(C)=O)cc1. The summed E-state index contributed by atoms with van der Waals surface area (Å²) >= 11 is 0. The maximum atomic E-state index is 11.7. The van der Waals surface area contributed by atoms with E-state index in [4.69, 9.17) is 4.74 Å². The van der Waals surface area contributed by atoms with Gasteiger partial charge in [-0.1, -0.05) is 26.0 Å². The van der Waals surface area contributed by atoms with Crippen LogP contribution in [0.5, 0.6) is 5.75 Å². The van der Waals surface area contributed by atoms with Crippen LogP contribution in [0.25, 0.3) is 0 Å². The first-order valence-electron chi connectivity index (χ1n) is 7.60. The van der Waals surface area contributed by atoms with Crippen molar-refractivity contribution in [3.8, 4) is 5.75 Å². The molecule has 0 radical (unpaired) electrons. The fourth-order valence-corrected chi connectivity index (χ4v) is 2.00. The highest BCUT2D eigenvalue weighted by Crippen LogP contribution is 2.12. The molecule has 0 atom stereocenters. The third-order valence-corrected chi connectivity index (χ3v) is 3.48. The standard InChI is InChI=1S/C17H26N2O3/c1-13(2)17(21)18-10-12-19(14(3)20)11-9-15-5-7-16(22-4)8-6-15/h5-8,13H,9-12H2,1-4H3,(H,18,21). The normalized spacial score (nSPS) is 10.4. The highest BCUT2D eigenvalue weighted by Gasteiger charge is 2.10. The minimum Gasteiger partial charge on any atom is -0.497 e. The maximum absolute atomic E-state index is 11.7. The van der Waals surface area contributed by atoms with E-state index in [1.54, 1.807) is 18.9 Å². The van der Waals surface area contributed by atoms with Gasteiger partial charge in [0.15, 0.2) is 0 Å². The number of methoxy groups -OCH3 is 1. The van der Waals surface area contributed by atoms with Crippen molar-refractivity contribution < 1.29 is 14.3 Å². The molecule has 0 aliphatic rings. The molecule has 1 N–H and O–H groups in total. The van der Waals surface area contributed by atoms with Crippen LogP contribution in [0.4, 0.5) is 0 Å². The Hall–Kier alpha value is -2.04. The molecule has 1 rings (SSSR count). The van der Waals surface area contributed by atoms with E-state index < -0.39 is 0 Å². The lowest BCUT2D eigenvalue weighted by molar-refractivity contribution is -0.129. The highest BCUT2D eigenvalue weighted by molar-refractivity contribution is 5.78. The van der Waals surface area contributed by atoms with Crippen molar-refractivity contribution in [1.29, 1.82) is 0 Å². The predicted molar refractivity (Wildman–Crippen MR) is 86.8 cm³/mol. The maximum Gasteiger partial charge on any atom is 0.222 e. The van der Waals surface area contributed by atoms with Crippen LogP contribution in [-0.2, 0) is 16.0 Å². The van der Waals surface area contributed by atoms with Crippen molar-refractivity contribution in [1.82, 2.24) is 10.2 Å². The number of hydrogen-bond donors (Lipinski definition) is 1. The molecule has 1 aromatic rings. The summed E-state index contributed by atoms with van der Waals surface area (Å²) < 4.78 is 5.12. The van der Waals surface area contributed by atoms with E-state index in [0.717, 1.165) is 17.7 Å². The molecule has 5 heteroatoms. The van der Waals surface area contributed by atoms with E-state index in [1.807, 2.05) is 38.1 Å². The highest BCUT2D eigenvalue weighted by atomic mass is 16.5. The van der Waals surface area contributed by atoms with E-state index >= 15 is 0 Å². The van der Waals surface area contributed by atoms with Crippen LogP contribution in [0, 0.1) is 5.92 Å². The number of benzene rings is 1. The molecule has 0 aromatic heterocycles. The number of ether oxygens (including phenoxy) is 1. The Balaban J connectivity index is 2.43. The predicted octanol–water partition coefficient (Wildman–Crippen LogP) is 1.86. The number of carbonyl (C=O) groups is 2. The molecule has 0 fully saturated rings. The van der Waals surface area contributed by atoms with Crippen LogP contribution in [0.3, 0.4) is 0 Å². The zero-order valence-electron chi connectivity index (χ0n) is 13.9. The Morgan fingerprint density at radius 2 is 1.82 bits per heavy atom. The molecule has 0 aliphatic heterocycles. The van der Waals surface area contributed by atoms with E-state index in [1.165, 1.54) is 0 Å². The molecule has 1 aromatic carbocycles. The van der Waals surface area contributed by atoms with Crippen molar-refractivity contribution in [2.24, 2.45) is 5.92 Å². The molecule has 0 bridgehead atoms. The average molecular weight is 306 g/mol. The first-order chi connectivity index (χ1) is 10.4. The van der Waals surface area contributed by atoms with Gasteiger partial charge in [0.2, 0.25) is 11.8 Å². The molecule has 122 valence electrons. The van der Waals surface area contributed by atoms with E-state index in [-0.39, 0.29) is 17.7 Å². The van der Waals surface area contributed by atoms with Crippen molar-refractivity contribution in [3.63, 3.8) is 0 Å². The van der Waals surface area contributed by atoms with Gasteiger partial charge in [0.05, 0.1) is 7.11 Å². The lowest BCUT2D eigenvalue weighted by Crippen LogP contribution is -2.39. The molecule has 0 saturated carbocycles. The van der Waals surface area contributed by atoms with Crippen LogP contribution in [0.2, 0.25) is 0 Å². The van der Waals surface area contributed by atoms with Crippen LogP contribution < -0.4 is 10.1 Å². The second kappa shape index (κ2) is 9.07. The average Bonchev–Trinajstić information content (AvgIpc) is 2.50. The smallest absolute Gasteiger partial charge is 0.222 e. The topological polar surface area (TPSA) is 58.6 Å². The second-order valence-electron chi connectivity index (χ2n) is 5.55. The van der Waals surface area contributed by atoms with Gasteiger partial charge < -0.3 is 15.0 Å². The Morgan fingerprint density at radius 1 is 1.18 bits per heavy atom. The molecule has 22 heavy (non-hydrogen) atoms. The first kappa shape index (κ1) is 18.0. The lowest BCUT2D eigenvalue weighted by atomic mass is 10.1. The summed E-state index contributed by atoms with van der Waals surface area (Å²) in [5, 5.41) is 2.83. The van der Waals surface area contributed by atoms with E-state index in [0.29, 0.717) is 19.6 Å². The zero-order chi connectivity index (χ0) is 16.5. The number of hydrogen-bond acceptors (Lipinski definition) is 3. The quantitative estimate of drug-likeness (QED) is 0.797. The molecule has 2 amide bonds. The van der Waals surface area contributed by atoms with Crippen molar-refractivity contribution in [3.05, 3.63) is 29.8 Å². The number of carbonyl (C=O) groups excluding carboxylic acids is 2. The summed E-state index contributed by atoms with van der Waals surface area (Å²) in [5.41, 5.74) is 1.15. The first-order valence-corrected chi connectivity index (χ1v) is 7.60. The van der Waals surface area contributed by atoms with Crippen molar-refractivity contribution in [2.45, 2.75) is 27.2 Å². The zero-order valence-corrected chi connectivity index (χ0v) is 13.9. The molecule has 0 aliphatic carbocycles. The lowest BCUT2D eigenvalue weighted by Gasteiger charge is -2.21. The summed E-state index contributed by atoms with van der Waals surface area (Å²) in [6, 6.07) is 7.82. The van der Waals surface area contributed by atoms with Crippen LogP contribution in [0.1, 0.15) is 26.3 Å². The van der Waals surface area contributed by atoms with Crippen LogP contribution in [0.15, 0.2) is 24.3 Å². The van der Waals surface area contributed by atoms with Crippen LogP contribution in [-0.4, -0.2) is 43.5 Å². The Bertz CT molecular complexity index is 483. The summed E-state index contributed by atoms with van der Waals surface area (Å²) in [5.74, 6) is 0.819. The van der Waals surface area contributed by atoms with Crippen LogP contribution >= 0.6 is 0 Å². The summed E-state index contributed by atoms with van der Waals surface area (Å²) in [7, 11) is 1.64. The van der Waals surface area contributed by atoms with Gasteiger partial charge in [-0.2, -0.15) is 0 Å². The number of nitrogens with one attached hydrogen (secondary N) is 1. The summed E-state index contributed by atoms with van der Waals surface area (Å²) in [6.07, 6.45) is 0.779. The number of nitrogens with zero attached hydrogens (tertiary/aromatic N) is 1. The minimum atomic E-state index is -0.0370. The Kier molecular flexibility index (Phi) is 7.43. The Morgan fingerprint density at radius 3 is 2.32 bits per heavy atom. The molecular formula is C17H26N2O3.